The Morgan fingerprint density at radius 3 is 2.82 bits per heavy atom. The number of carbonyl (C=O) groups excluding carboxylic acids is 2. The summed E-state index contributed by atoms with van der Waals surface area (Å²) in [6, 6.07) is 7.53. The molecule has 150 valence electrons. The zero-order valence-electron chi connectivity index (χ0n) is 15.8. The number of primary amides is 1. The van der Waals surface area contributed by atoms with Crippen LogP contribution >= 0.6 is 23.1 Å². The van der Waals surface area contributed by atoms with E-state index in [1.54, 1.807) is 4.90 Å². The number of nitrogens with two attached hydrogens (primary N) is 1. The van der Waals surface area contributed by atoms with Crippen LogP contribution in [0.4, 0.5) is 0 Å². The molecule has 0 saturated heterocycles. The van der Waals surface area contributed by atoms with Gasteiger partial charge in [-0.25, -0.2) is 4.98 Å². The summed E-state index contributed by atoms with van der Waals surface area (Å²) >= 11 is 2.79. The standard InChI is InChI=1S/C19H23N3O4S2/c1-3-22(9-13-10-25-14-6-4-5-7-15(14)26-13)18(24)11-27-19-21-12(2)16(28-19)8-17(20)23/h4-7,13H,3,8-11H2,1-2H3,(H2,20,23)/t13-/m0/s1. The molecule has 0 spiro atoms. The maximum atomic E-state index is 12.6. The third-order valence-electron chi connectivity index (χ3n) is 4.25. The number of aryl methyl sites for hydroxylation is 1. The van der Waals surface area contributed by atoms with Gasteiger partial charge in [-0.1, -0.05) is 23.9 Å². The molecule has 0 unspecified atom stereocenters. The number of fused-ring (bicyclic) bond motifs is 1. The van der Waals surface area contributed by atoms with E-state index in [-0.39, 0.29) is 30.1 Å². The summed E-state index contributed by atoms with van der Waals surface area (Å²) in [5.41, 5.74) is 6.04. The molecule has 1 atom stereocenters. The second-order valence-electron chi connectivity index (χ2n) is 6.35. The second kappa shape index (κ2) is 9.29. The molecule has 2 amide bonds. The highest BCUT2D eigenvalue weighted by Gasteiger charge is 2.25. The molecule has 0 radical (unpaired) electrons. The van der Waals surface area contributed by atoms with E-state index in [2.05, 4.69) is 4.98 Å². The van der Waals surface area contributed by atoms with E-state index >= 15 is 0 Å². The van der Waals surface area contributed by atoms with Crippen LogP contribution in [0.2, 0.25) is 0 Å². The monoisotopic (exact) mass is 421 g/mol. The van der Waals surface area contributed by atoms with E-state index in [4.69, 9.17) is 15.2 Å². The molecule has 28 heavy (non-hydrogen) atoms. The van der Waals surface area contributed by atoms with Crippen LogP contribution in [0.25, 0.3) is 0 Å². The predicted octanol–water partition coefficient (Wildman–Crippen LogP) is 2.26. The van der Waals surface area contributed by atoms with E-state index in [1.807, 2.05) is 38.1 Å². The minimum absolute atomic E-state index is 0.0132. The molecular formula is C19H23N3O4S2. The first-order valence-electron chi connectivity index (χ1n) is 9.00. The molecule has 1 aromatic heterocycles. The van der Waals surface area contributed by atoms with Crippen molar-refractivity contribution in [1.82, 2.24) is 9.88 Å². The lowest BCUT2D eigenvalue weighted by molar-refractivity contribution is -0.129. The predicted molar refractivity (Wildman–Crippen MR) is 109 cm³/mol. The summed E-state index contributed by atoms with van der Waals surface area (Å²) < 4.78 is 12.4. The Hall–Kier alpha value is -2.26. The van der Waals surface area contributed by atoms with Crippen molar-refractivity contribution in [3.63, 3.8) is 0 Å². The molecule has 7 nitrogen and oxygen atoms in total. The number of hydrogen-bond donors (Lipinski definition) is 1. The van der Waals surface area contributed by atoms with Crippen molar-refractivity contribution in [2.24, 2.45) is 5.73 Å². The van der Waals surface area contributed by atoms with Crippen LogP contribution in [0.1, 0.15) is 17.5 Å². The number of nitrogens with zero attached hydrogens (tertiary/aromatic N) is 2. The van der Waals surface area contributed by atoms with Crippen molar-refractivity contribution in [2.45, 2.75) is 30.7 Å². The van der Waals surface area contributed by atoms with Gasteiger partial charge in [-0.2, -0.15) is 0 Å². The molecule has 9 heteroatoms. The van der Waals surface area contributed by atoms with Crippen molar-refractivity contribution in [3.05, 3.63) is 34.8 Å². The number of hydrogen-bond acceptors (Lipinski definition) is 7. The van der Waals surface area contributed by atoms with Gasteiger partial charge in [0.15, 0.2) is 21.9 Å². The lowest BCUT2D eigenvalue weighted by Gasteiger charge is -2.30. The quantitative estimate of drug-likeness (QED) is 0.657. The number of benzene rings is 1. The van der Waals surface area contributed by atoms with Gasteiger partial charge in [0.1, 0.15) is 6.61 Å². The minimum Gasteiger partial charge on any atom is -0.486 e. The molecule has 1 aliphatic heterocycles. The summed E-state index contributed by atoms with van der Waals surface area (Å²) in [5.74, 6) is 1.35. The number of thiazole rings is 1. The fraction of sp³-hybridized carbons (Fsp3) is 0.421. The van der Waals surface area contributed by atoms with Crippen molar-refractivity contribution in [2.75, 3.05) is 25.4 Å². The van der Waals surface area contributed by atoms with Crippen LogP contribution in [0, 0.1) is 6.92 Å². The number of likely N-dealkylation sites (N-methyl/N-ethyl adjacent to an activating group) is 1. The van der Waals surface area contributed by atoms with E-state index in [0.29, 0.717) is 25.4 Å². The first kappa shape index (κ1) is 20.5. The van der Waals surface area contributed by atoms with Crippen LogP contribution in [0.15, 0.2) is 28.6 Å². The van der Waals surface area contributed by atoms with Crippen LogP contribution in [-0.2, 0) is 16.0 Å². The van der Waals surface area contributed by atoms with Crippen molar-refractivity contribution >= 4 is 34.9 Å². The molecule has 0 aliphatic carbocycles. The molecule has 2 aromatic rings. The van der Waals surface area contributed by atoms with Gasteiger partial charge < -0.3 is 20.1 Å². The summed E-state index contributed by atoms with van der Waals surface area (Å²) in [6.45, 7) is 5.25. The Morgan fingerprint density at radius 1 is 1.36 bits per heavy atom. The van der Waals surface area contributed by atoms with Gasteiger partial charge in [0, 0.05) is 11.4 Å². The molecule has 0 saturated carbocycles. The van der Waals surface area contributed by atoms with Gasteiger partial charge in [-0.05, 0) is 26.0 Å². The third kappa shape index (κ3) is 5.17. The number of carbonyl (C=O) groups is 2. The highest BCUT2D eigenvalue weighted by molar-refractivity contribution is 8.01. The average Bonchev–Trinajstić information content (AvgIpc) is 3.02. The summed E-state index contributed by atoms with van der Waals surface area (Å²) in [4.78, 5) is 30.8. The van der Waals surface area contributed by atoms with Gasteiger partial charge in [-0.15, -0.1) is 11.3 Å². The van der Waals surface area contributed by atoms with Gasteiger partial charge in [0.05, 0.1) is 24.4 Å². The SMILES string of the molecule is CCN(C[C@H]1COc2ccccc2O1)C(=O)CSc1nc(C)c(CC(N)=O)s1. The number of rotatable bonds is 8. The van der Waals surface area contributed by atoms with Crippen LogP contribution in [-0.4, -0.2) is 53.3 Å². The van der Waals surface area contributed by atoms with Crippen molar-refractivity contribution in [3.8, 4) is 11.5 Å². The zero-order valence-corrected chi connectivity index (χ0v) is 17.5. The Balaban J connectivity index is 1.53. The maximum absolute atomic E-state index is 12.6. The molecule has 2 N–H and O–H groups in total. The second-order valence-corrected chi connectivity index (χ2v) is 8.66. The lowest BCUT2D eigenvalue weighted by Crippen LogP contribution is -2.44. The van der Waals surface area contributed by atoms with Gasteiger partial charge in [0.25, 0.3) is 0 Å². The van der Waals surface area contributed by atoms with E-state index in [0.717, 1.165) is 20.7 Å². The normalized spacial score (nSPS) is 15.3. The van der Waals surface area contributed by atoms with Crippen LogP contribution in [0.5, 0.6) is 11.5 Å². The van der Waals surface area contributed by atoms with Crippen LogP contribution < -0.4 is 15.2 Å². The van der Waals surface area contributed by atoms with Crippen molar-refractivity contribution < 1.29 is 19.1 Å². The highest BCUT2D eigenvalue weighted by atomic mass is 32.2. The van der Waals surface area contributed by atoms with E-state index < -0.39 is 0 Å². The number of thioether (sulfide) groups is 1. The number of ether oxygens (including phenoxy) is 2. The molecule has 1 aliphatic rings. The summed E-state index contributed by atoms with van der Waals surface area (Å²) in [6.07, 6.45) is -0.0207. The largest absolute Gasteiger partial charge is 0.486 e. The molecular weight excluding hydrogens is 398 g/mol. The molecule has 2 heterocycles. The summed E-state index contributed by atoms with van der Waals surface area (Å²) in [5, 5.41) is 0. The maximum Gasteiger partial charge on any atom is 0.233 e. The fourth-order valence-electron chi connectivity index (χ4n) is 2.81. The minimum atomic E-state index is -0.382. The van der Waals surface area contributed by atoms with Gasteiger partial charge >= 0.3 is 0 Å². The topological polar surface area (TPSA) is 94.8 Å². The molecule has 0 fully saturated rings. The van der Waals surface area contributed by atoms with E-state index in [9.17, 15) is 9.59 Å². The fourth-order valence-corrected chi connectivity index (χ4v) is 4.95. The first-order valence-corrected chi connectivity index (χ1v) is 10.8. The number of aromatic nitrogens is 1. The van der Waals surface area contributed by atoms with E-state index in [1.165, 1.54) is 23.1 Å². The molecule has 0 bridgehead atoms. The third-order valence-corrected chi connectivity index (χ3v) is 6.54. The number of amides is 2. The Kier molecular flexibility index (Phi) is 6.79. The average molecular weight is 422 g/mol. The highest BCUT2D eigenvalue weighted by Crippen LogP contribution is 2.31. The van der Waals surface area contributed by atoms with Crippen molar-refractivity contribution in [1.29, 1.82) is 0 Å². The zero-order chi connectivity index (χ0) is 20.1. The smallest absolute Gasteiger partial charge is 0.233 e. The Bertz CT molecular complexity index is 855. The summed E-state index contributed by atoms with van der Waals surface area (Å²) in [7, 11) is 0. The molecule has 1 aromatic carbocycles. The Morgan fingerprint density at radius 2 is 2.11 bits per heavy atom. The first-order chi connectivity index (χ1) is 13.5. The van der Waals surface area contributed by atoms with Gasteiger partial charge in [0.2, 0.25) is 11.8 Å². The molecule has 3 rings (SSSR count). The Labute approximate surface area is 172 Å². The van der Waals surface area contributed by atoms with Crippen LogP contribution in [0.3, 0.4) is 0 Å². The lowest BCUT2D eigenvalue weighted by atomic mass is 10.2. The number of para-hydroxylation sites is 2. The van der Waals surface area contributed by atoms with Gasteiger partial charge in [-0.3, -0.25) is 9.59 Å².